The number of aliphatic hydroxyl groups is 1. The first-order valence-electron chi connectivity index (χ1n) is 9.39. The molecule has 1 aromatic rings. The summed E-state index contributed by atoms with van der Waals surface area (Å²) in [7, 11) is 0. The fourth-order valence-corrected chi connectivity index (χ4v) is 3.32. The molecule has 1 aromatic carbocycles. The lowest BCUT2D eigenvalue weighted by molar-refractivity contribution is 0.0824. The third-order valence-corrected chi connectivity index (χ3v) is 5.34. The molecule has 0 bridgehead atoms. The van der Waals surface area contributed by atoms with E-state index in [2.05, 4.69) is 34.4 Å². The van der Waals surface area contributed by atoms with Crippen LogP contribution in [-0.4, -0.2) is 54.8 Å². The Balaban J connectivity index is 0.00000364. The molecule has 3 N–H and O–H groups in total. The number of hydrogen-bond acceptors (Lipinski definition) is 3. The van der Waals surface area contributed by atoms with Crippen LogP contribution in [0.4, 0.5) is 0 Å². The van der Waals surface area contributed by atoms with E-state index in [-0.39, 0.29) is 36.1 Å². The molecule has 2 rings (SSSR count). The van der Waals surface area contributed by atoms with E-state index in [1.807, 2.05) is 18.2 Å². The van der Waals surface area contributed by atoms with Crippen molar-refractivity contribution in [2.75, 3.05) is 32.7 Å². The number of aliphatic hydroxyl groups excluding tert-OH is 1. The molecule has 0 amide bonds. The zero-order valence-electron chi connectivity index (χ0n) is 16.0. The van der Waals surface area contributed by atoms with Gasteiger partial charge >= 0.3 is 0 Å². The number of aliphatic imine (C=N–C) groups is 1. The summed E-state index contributed by atoms with van der Waals surface area (Å²) in [5, 5.41) is 17.4. The van der Waals surface area contributed by atoms with Crippen molar-refractivity contribution in [1.29, 1.82) is 0 Å². The fraction of sp³-hybridized carbons (Fsp3) is 0.632. The van der Waals surface area contributed by atoms with E-state index in [0.29, 0.717) is 10.0 Å². The van der Waals surface area contributed by atoms with E-state index in [1.165, 1.54) is 0 Å². The molecule has 5 nitrogen and oxygen atoms in total. The summed E-state index contributed by atoms with van der Waals surface area (Å²) in [5.41, 5.74) is 1.07. The molecule has 0 spiro atoms. The lowest BCUT2D eigenvalue weighted by Crippen LogP contribution is -2.39. The van der Waals surface area contributed by atoms with Crippen molar-refractivity contribution in [2.45, 2.75) is 45.3 Å². The molecule has 1 atom stereocenters. The van der Waals surface area contributed by atoms with Crippen molar-refractivity contribution in [2.24, 2.45) is 4.99 Å². The predicted octanol–water partition coefficient (Wildman–Crippen LogP) is 4.07. The topological polar surface area (TPSA) is 59.9 Å². The number of guanidine groups is 1. The van der Waals surface area contributed by atoms with Crippen LogP contribution in [0.15, 0.2) is 23.2 Å². The van der Waals surface area contributed by atoms with Gasteiger partial charge in [-0.3, -0.25) is 4.99 Å². The maximum absolute atomic E-state index is 9.56. The zero-order valence-corrected chi connectivity index (χ0v) is 19.9. The monoisotopic (exact) mass is 528 g/mol. The highest BCUT2D eigenvalue weighted by Gasteiger charge is 2.16. The summed E-state index contributed by atoms with van der Waals surface area (Å²) in [6.45, 7) is 8.70. The average Bonchev–Trinajstić information content (AvgIpc) is 2.62. The summed E-state index contributed by atoms with van der Waals surface area (Å²) in [5.74, 6) is 0.806. The van der Waals surface area contributed by atoms with Gasteiger partial charge in [0.1, 0.15) is 0 Å². The Morgan fingerprint density at radius 1 is 1.30 bits per heavy atom. The smallest absolute Gasteiger partial charge is 0.191 e. The zero-order chi connectivity index (χ0) is 18.9. The van der Waals surface area contributed by atoms with Crippen LogP contribution in [0.25, 0.3) is 0 Å². The first kappa shape index (κ1) is 24.8. The van der Waals surface area contributed by atoms with Crippen LogP contribution in [-0.2, 0) is 0 Å². The van der Waals surface area contributed by atoms with E-state index >= 15 is 0 Å². The SMILES string of the molecule is CCNC(=NCCCN1CCC(O)CC1)NC(C)c1ccc(Cl)c(Cl)c1.I. The quantitative estimate of drug-likeness (QED) is 0.216. The van der Waals surface area contributed by atoms with Crippen LogP contribution >= 0.6 is 47.2 Å². The van der Waals surface area contributed by atoms with Gasteiger partial charge in [0.15, 0.2) is 5.96 Å². The van der Waals surface area contributed by atoms with Gasteiger partial charge in [0, 0.05) is 26.2 Å². The van der Waals surface area contributed by atoms with E-state index in [9.17, 15) is 5.11 Å². The fourth-order valence-electron chi connectivity index (χ4n) is 3.02. The number of benzene rings is 1. The Morgan fingerprint density at radius 2 is 2.00 bits per heavy atom. The summed E-state index contributed by atoms with van der Waals surface area (Å²) in [6, 6.07) is 5.75. The van der Waals surface area contributed by atoms with Gasteiger partial charge in [0.25, 0.3) is 0 Å². The van der Waals surface area contributed by atoms with Gasteiger partial charge in [-0.2, -0.15) is 0 Å². The summed E-state index contributed by atoms with van der Waals surface area (Å²) in [6.07, 6.45) is 2.66. The molecular formula is C19H31Cl2IN4O. The van der Waals surface area contributed by atoms with Gasteiger partial charge in [-0.1, -0.05) is 29.3 Å². The molecular weight excluding hydrogens is 498 g/mol. The van der Waals surface area contributed by atoms with Crippen molar-refractivity contribution in [3.63, 3.8) is 0 Å². The highest BCUT2D eigenvalue weighted by molar-refractivity contribution is 14.0. The Labute approximate surface area is 189 Å². The standard InChI is InChI=1S/C19H30Cl2N4O.HI/c1-3-22-19(23-9-4-10-25-11-7-16(26)8-12-25)24-14(2)15-5-6-17(20)18(21)13-15;/h5-6,13-14,16,26H,3-4,7-12H2,1-2H3,(H2,22,23,24);1H. The van der Waals surface area contributed by atoms with Crippen LogP contribution < -0.4 is 10.6 Å². The van der Waals surface area contributed by atoms with Gasteiger partial charge in [-0.05, 0) is 57.4 Å². The molecule has 27 heavy (non-hydrogen) atoms. The Hall–Kier alpha value is -0.280. The minimum Gasteiger partial charge on any atom is -0.393 e. The summed E-state index contributed by atoms with van der Waals surface area (Å²) >= 11 is 12.1. The van der Waals surface area contributed by atoms with Crippen molar-refractivity contribution in [3.05, 3.63) is 33.8 Å². The minimum absolute atomic E-state index is 0. The molecule has 0 aromatic heterocycles. The molecule has 8 heteroatoms. The number of nitrogens with one attached hydrogen (secondary N) is 2. The minimum atomic E-state index is -0.114. The second-order valence-electron chi connectivity index (χ2n) is 6.73. The van der Waals surface area contributed by atoms with E-state index < -0.39 is 0 Å². The van der Waals surface area contributed by atoms with Gasteiger partial charge in [0.05, 0.1) is 22.2 Å². The largest absolute Gasteiger partial charge is 0.393 e. The van der Waals surface area contributed by atoms with E-state index in [0.717, 1.165) is 63.5 Å². The molecule has 0 radical (unpaired) electrons. The normalized spacial score (nSPS) is 17.3. The van der Waals surface area contributed by atoms with Crippen molar-refractivity contribution in [1.82, 2.24) is 15.5 Å². The van der Waals surface area contributed by atoms with Gasteiger partial charge in [-0.25, -0.2) is 0 Å². The van der Waals surface area contributed by atoms with Crippen LogP contribution in [0.5, 0.6) is 0 Å². The Kier molecular flexibility index (Phi) is 12.0. The van der Waals surface area contributed by atoms with Crippen LogP contribution in [0, 0.1) is 0 Å². The van der Waals surface area contributed by atoms with E-state index in [4.69, 9.17) is 23.2 Å². The predicted molar refractivity (Wildman–Crippen MR) is 126 cm³/mol. The van der Waals surface area contributed by atoms with Crippen LogP contribution in [0.3, 0.4) is 0 Å². The maximum Gasteiger partial charge on any atom is 0.191 e. The molecule has 1 saturated heterocycles. The third-order valence-electron chi connectivity index (χ3n) is 4.60. The summed E-state index contributed by atoms with van der Waals surface area (Å²) in [4.78, 5) is 7.08. The van der Waals surface area contributed by atoms with Crippen LogP contribution in [0.1, 0.15) is 44.7 Å². The van der Waals surface area contributed by atoms with Gasteiger partial charge < -0.3 is 20.6 Å². The first-order chi connectivity index (χ1) is 12.5. The highest BCUT2D eigenvalue weighted by atomic mass is 127. The summed E-state index contributed by atoms with van der Waals surface area (Å²) < 4.78 is 0. The molecule has 0 aliphatic carbocycles. The van der Waals surface area contributed by atoms with Gasteiger partial charge in [0.2, 0.25) is 0 Å². The molecule has 1 fully saturated rings. The molecule has 1 heterocycles. The number of likely N-dealkylation sites (tertiary alicyclic amines) is 1. The molecule has 154 valence electrons. The van der Waals surface area contributed by atoms with Crippen LogP contribution in [0.2, 0.25) is 10.0 Å². The number of rotatable bonds is 7. The number of halogens is 3. The van der Waals surface area contributed by atoms with Crippen molar-refractivity contribution in [3.8, 4) is 0 Å². The second kappa shape index (κ2) is 13.0. The Bertz CT molecular complexity index is 595. The molecule has 1 unspecified atom stereocenters. The first-order valence-corrected chi connectivity index (χ1v) is 10.2. The van der Waals surface area contributed by atoms with Gasteiger partial charge in [-0.15, -0.1) is 24.0 Å². The number of nitrogens with zero attached hydrogens (tertiary/aromatic N) is 2. The molecule has 0 saturated carbocycles. The molecule has 1 aliphatic rings. The lowest BCUT2D eigenvalue weighted by Gasteiger charge is -2.29. The molecule has 1 aliphatic heterocycles. The lowest BCUT2D eigenvalue weighted by atomic mass is 10.1. The highest BCUT2D eigenvalue weighted by Crippen LogP contribution is 2.25. The van der Waals surface area contributed by atoms with Crippen molar-refractivity contribution >= 4 is 53.1 Å². The maximum atomic E-state index is 9.56. The van der Waals surface area contributed by atoms with Crippen molar-refractivity contribution < 1.29 is 5.11 Å². The van der Waals surface area contributed by atoms with E-state index in [1.54, 1.807) is 0 Å². The number of hydrogen-bond donors (Lipinski definition) is 3. The third kappa shape index (κ3) is 8.73. The second-order valence-corrected chi connectivity index (χ2v) is 7.54. The average molecular weight is 529 g/mol. The Morgan fingerprint density at radius 3 is 2.63 bits per heavy atom. The number of piperidine rings is 1.